The number of aliphatic imine (C=N–C) groups is 1. The maximum Gasteiger partial charge on any atom is 1.00 e. The Morgan fingerprint density at radius 2 is 1.60 bits per heavy atom. The Balaban J connectivity index is 0.00000180. The first-order chi connectivity index (χ1) is 8.66. The van der Waals surface area contributed by atoms with Crippen molar-refractivity contribution in [1.82, 2.24) is 0 Å². The van der Waals surface area contributed by atoms with Gasteiger partial charge in [-0.3, -0.25) is 4.99 Å². The monoisotopic (exact) mass is 298 g/mol. The zero-order valence-electron chi connectivity index (χ0n) is 11.3. The molecule has 0 saturated heterocycles. The molecule has 0 aliphatic heterocycles. The van der Waals surface area contributed by atoms with Gasteiger partial charge in [0.15, 0.2) is 0 Å². The van der Waals surface area contributed by atoms with Crippen molar-refractivity contribution in [1.29, 1.82) is 0 Å². The number of benzene rings is 2. The molecule has 0 unspecified atom stereocenters. The largest absolute Gasteiger partial charge is 1.00 e. The summed E-state index contributed by atoms with van der Waals surface area (Å²) in [5, 5.41) is 0. The van der Waals surface area contributed by atoms with Gasteiger partial charge in [-0.2, -0.15) is 0 Å². The van der Waals surface area contributed by atoms with Crippen molar-refractivity contribution in [3.8, 4) is 0 Å². The van der Waals surface area contributed by atoms with E-state index >= 15 is 0 Å². The van der Waals surface area contributed by atoms with E-state index in [0.29, 0.717) is 0 Å². The number of hydrogen-bond acceptors (Lipinski definition) is 5. The summed E-state index contributed by atoms with van der Waals surface area (Å²) in [4.78, 5) is 4.58. The van der Waals surface area contributed by atoms with E-state index in [9.17, 15) is 8.42 Å². The molecule has 0 bridgehead atoms. The molecule has 0 saturated carbocycles. The molecule has 6 heteroatoms. The fourth-order valence-electron chi connectivity index (χ4n) is 1.52. The third-order valence-corrected chi connectivity index (χ3v) is 3.23. The minimum atomic E-state index is -2.18. The fraction of sp³-hybridized carbons (Fsp3) is 0.0714. The van der Waals surface area contributed by atoms with Crippen LogP contribution in [0.3, 0.4) is 0 Å². The van der Waals surface area contributed by atoms with E-state index in [1.807, 2.05) is 31.2 Å². The van der Waals surface area contributed by atoms with Gasteiger partial charge >= 0.3 is 29.6 Å². The Kier molecular flexibility index (Phi) is 8.60. The molecule has 2 aromatic carbocycles. The van der Waals surface area contributed by atoms with Crippen molar-refractivity contribution in [2.24, 2.45) is 4.99 Å². The molecule has 2 aromatic rings. The molecule has 2 rings (SSSR count). The van der Waals surface area contributed by atoms with Crippen molar-refractivity contribution in [3.63, 3.8) is 0 Å². The van der Waals surface area contributed by atoms with Gasteiger partial charge in [0.2, 0.25) is 0 Å². The Hall–Kier alpha value is -0.980. The fourth-order valence-corrected chi connectivity index (χ4v) is 1.88. The standard InChI is InChI=1S/C14H12NO2S.Na.H2O/c1-11-4-2-3-5-12(11)10-15-13-6-8-14(9-7-13)18(16)17;;/h2-10H,1H3;;1H2/q-1;+1;/p-1. The molecule has 1 N–H and O–H groups in total. The summed E-state index contributed by atoms with van der Waals surface area (Å²) in [6.45, 7) is 2.02. The quantitative estimate of drug-likeness (QED) is 0.463. The number of aryl methyl sites for hydroxylation is 1. The van der Waals surface area contributed by atoms with E-state index in [4.69, 9.17) is 0 Å². The summed E-state index contributed by atoms with van der Waals surface area (Å²) in [6.07, 6.45) is 1.78. The summed E-state index contributed by atoms with van der Waals surface area (Å²) in [6, 6.07) is 14.4. The van der Waals surface area contributed by atoms with Crippen molar-refractivity contribution in [2.45, 2.75) is 11.8 Å². The van der Waals surface area contributed by atoms with Crippen LogP contribution in [0.15, 0.2) is 58.4 Å². The van der Waals surface area contributed by atoms with Crippen LogP contribution < -0.4 is 29.6 Å². The van der Waals surface area contributed by atoms with Crippen LogP contribution in [-0.4, -0.2) is 11.7 Å². The van der Waals surface area contributed by atoms with Gasteiger partial charge in [-0.15, -0.1) is 0 Å². The SMILES string of the molecule is Cc1ccccc1C=Nc1ccc([S-](=O)=O)cc1.[Na+].[OH-]. The van der Waals surface area contributed by atoms with Gasteiger partial charge in [-0.05, 0) is 40.9 Å². The molecule has 0 fully saturated rings. The molecule has 0 heterocycles. The zero-order valence-corrected chi connectivity index (χ0v) is 14.1. The number of rotatable bonds is 3. The topological polar surface area (TPSA) is 76.5 Å². The first-order valence-electron chi connectivity index (χ1n) is 5.46. The molecular weight excluding hydrogens is 285 g/mol. The maximum atomic E-state index is 10.7. The predicted molar refractivity (Wildman–Crippen MR) is 73.8 cm³/mol. The summed E-state index contributed by atoms with van der Waals surface area (Å²) in [7, 11) is -2.18. The first kappa shape index (κ1) is 19.0. The molecular formula is C14H13NNaO3S-. The Bertz CT molecular complexity index is 644. The van der Waals surface area contributed by atoms with Crippen LogP contribution >= 0.6 is 0 Å². The minimum absolute atomic E-state index is 0. The van der Waals surface area contributed by atoms with E-state index in [0.717, 1.165) is 16.8 Å². The molecule has 0 spiro atoms. The molecule has 0 aliphatic rings. The molecule has 4 nitrogen and oxygen atoms in total. The average Bonchev–Trinajstić information content (AvgIpc) is 2.38. The van der Waals surface area contributed by atoms with Crippen LogP contribution in [-0.2, 0) is 19.1 Å². The Morgan fingerprint density at radius 3 is 2.15 bits per heavy atom. The van der Waals surface area contributed by atoms with Gasteiger partial charge < -0.3 is 13.9 Å². The van der Waals surface area contributed by atoms with Crippen molar-refractivity contribution in [2.75, 3.05) is 0 Å². The van der Waals surface area contributed by atoms with Crippen LogP contribution in [0.1, 0.15) is 11.1 Å². The van der Waals surface area contributed by atoms with Gasteiger partial charge in [0.25, 0.3) is 0 Å². The Labute approximate surface area is 142 Å². The Morgan fingerprint density at radius 1 is 1.00 bits per heavy atom. The van der Waals surface area contributed by atoms with E-state index < -0.39 is 10.7 Å². The summed E-state index contributed by atoms with van der Waals surface area (Å²) in [5.74, 6) is 0. The molecule has 0 atom stereocenters. The predicted octanol–water partition coefficient (Wildman–Crippen LogP) is 0.241. The van der Waals surface area contributed by atoms with Crippen LogP contribution in [0.4, 0.5) is 5.69 Å². The van der Waals surface area contributed by atoms with Gasteiger partial charge in [0.1, 0.15) is 0 Å². The van der Waals surface area contributed by atoms with Gasteiger partial charge in [-0.1, -0.05) is 41.3 Å². The van der Waals surface area contributed by atoms with Gasteiger partial charge in [0, 0.05) is 6.21 Å². The van der Waals surface area contributed by atoms with Crippen LogP contribution in [0, 0.1) is 6.92 Å². The van der Waals surface area contributed by atoms with E-state index in [2.05, 4.69) is 4.99 Å². The van der Waals surface area contributed by atoms with E-state index in [-0.39, 0.29) is 39.9 Å². The zero-order chi connectivity index (χ0) is 13.0. The van der Waals surface area contributed by atoms with E-state index in [1.54, 1.807) is 18.3 Å². The maximum absolute atomic E-state index is 10.7. The minimum Gasteiger partial charge on any atom is -0.870 e. The molecule has 20 heavy (non-hydrogen) atoms. The van der Waals surface area contributed by atoms with Crippen LogP contribution in [0.25, 0.3) is 0 Å². The molecule has 0 radical (unpaired) electrons. The van der Waals surface area contributed by atoms with Gasteiger partial charge in [-0.25, -0.2) is 0 Å². The second kappa shape index (κ2) is 9.05. The molecule has 0 aliphatic carbocycles. The molecule has 0 amide bonds. The summed E-state index contributed by atoms with van der Waals surface area (Å²) >= 11 is 0. The summed E-state index contributed by atoms with van der Waals surface area (Å²) in [5.41, 5.74) is 2.93. The molecule has 100 valence electrons. The number of hydrogen-bond donors (Lipinski definition) is 0. The van der Waals surface area contributed by atoms with Crippen molar-refractivity contribution >= 4 is 22.6 Å². The second-order valence-electron chi connectivity index (χ2n) is 3.84. The van der Waals surface area contributed by atoms with Crippen LogP contribution in [0.5, 0.6) is 0 Å². The third kappa shape index (κ3) is 5.19. The average molecular weight is 298 g/mol. The second-order valence-corrected chi connectivity index (χ2v) is 4.78. The third-order valence-electron chi connectivity index (χ3n) is 2.57. The van der Waals surface area contributed by atoms with Gasteiger partial charge in [0.05, 0.1) is 5.69 Å². The summed E-state index contributed by atoms with van der Waals surface area (Å²) < 4.78 is 21.4. The van der Waals surface area contributed by atoms with E-state index in [1.165, 1.54) is 12.1 Å². The first-order valence-corrected chi connectivity index (χ1v) is 6.53. The normalized spacial score (nSPS) is 10.1. The van der Waals surface area contributed by atoms with Crippen LogP contribution in [0.2, 0.25) is 0 Å². The molecule has 0 aromatic heterocycles. The smallest absolute Gasteiger partial charge is 0.870 e. The van der Waals surface area contributed by atoms with Crippen molar-refractivity contribution in [3.05, 3.63) is 59.7 Å². The van der Waals surface area contributed by atoms with Crippen molar-refractivity contribution < 1.29 is 43.5 Å². The number of nitrogens with zero attached hydrogens (tertiary/aromatic N) is 1.